The summed E-state index contributed by atoms with van der Waals surface area (Å²) in [5.74, 6) is -1.11. The molecule has 2 aliphatic carbocycles. The molecule has 1 heterocycles. The summed E-state index contributed by atoms with van der Waals surface area (Å²) in [6.45, 7) is 9.67. The van der Waals surface area contributed by atoms with Gasteiger partial charge in [-0.25, -0.2) is 4.79 Å². The average molecular weight is 262 g/mol. The zero-order valence-corrected chi connectivity index (χ0v) is 10.9. The quantitative estimate of drug-likeness (QED) is 0.387. The average Bonchev–Trinajstić information content (AvgIpc) is 2.72. The third kappa shape index (κ3) is 1.63. The Balaban J connectivity index is 2.07. The van der Waals surface area contributed by atoms with Crippen LogP contribution in [0.1, 0.15) is 13.3 Å². The summed E-state index contributed by atoms with van der Waals surface area (Å²) in [4.78, 5) is 11.7. The molecule has 102 valence electrons. The number of aliphatic hydroxyl groups excluding tert-OH is 2. The maximum Gasteiger partial charge on any atom is 0.334 e. The molecular weight excluding hydrogens is 244 g/mol. The monoisotopic (exact) mass is 262 g/mol. The molecule has 1 saturated heterocycles. The van der Waals surface area contributed by atoms with Crippen LogP contribution in [0.5, 0.6) is 0 Å². The summed E-state index contributed by atoms with van der Waals surface area (Å²) in [5, 5.41) is 20.4. The van der Waals surface area contributed by atoms with Gasteiger partial charge in [0.05, 0.1) is 18.1 Å². The number of hydrogen-bond acceptors (Lipinski definition) is 4. The van der Waals surface area contributed by atoms with E-state index in [0.717, 1.165) is 11.1 Å². The zero-order chi connectivity index (χ0) is 13.9. The maximum absolute atomic E-state index is 11.7. The minimum atomic E-state index is -0.720. The highest BCUT2D eigenvalue weighted by Gasteiger charge is 2.54. The molecule has 0 aromatic heterocycles. The van der Waals surface area contributed by atoms with Gasteiger partial charge in [-0.05, 0) is 13.3 Å². The van der Waals surface area contributed by atoms with Gasteiger partial charge in [0, 0.05) is 17.4 Å². The Kier molecular flexibility index (Phi) is 2.69. The smallest absolute Gasteiger partial charge is 0.334 e. The lowest BCUT2D eigenvalue weighted by Gasteiger charge is -2.28. The summed E-state index contributed by atoms with van der Waals surface area (Å²) < 4.78 is 5.42. The van der Waals surface area contributed by atoms with Gasteiger partial charge in [0.15, 0.2) is 0 Å². The highest BCUT2D eigenvalue weighted by Crippen LogP contribution is 2.50. The van der Waals surface area contributed by atoms with Gasteiger partial charge in [-0.3, -0.25) is 0 Å². The van der Waals surface area contributed by atoms with Crippen LogP contribution in [0.15, 0.2) is 36.0 Å². The molecule has 3 rings (SSSR count). The molecule has 4 nitrogen and oxygen atoms in total. The third-order valence-electron chi connectivity index (χ3n) is 4.69. The second kappa shape index (κ2) is 4.05. The molecule has 6 atom stereocenters. The molecule has 0 aromatic carbocycles. The van der Waals surface area contributed by atoms with Gasteiger partial charge in [0.1, 0.15) is 6.10 Å². The van der Waals surface area contributed by atoms with Crippen molar-refractivity contribution in [3.63, 3.8) is 0 Å². The minimum Gasteiger partial charge on any atom is -0.458 e. The van der Waals surface area contributed by atoms with E-state index in [4.69, 9.17) is 4.74 Å². The first-order valence-electron chi connectivity index (χ1n) is 6.53. The molecule has 3 aliphatic rings. The number of rotatable bonds is 0. The summed E-state index contributed by atoms with van der Waals surface area (Å²) in [5.41, 5.74) is 2.14. The summed E-state index contributed by atoms with van der Waals surface area (Å²) in [6.07, 6.45) is 0.395. The Labute approximate surface area is 112 Å². The van der Waals surface area contributed by atoms with Gasteiger partial charge in [0.25, 0.3) is 0 Å². The highest BCUT2D eigenvalue weighted by atomic mass is 16.6. The van der Waals surface area contributed by atoms with E-state index < -0.39 is 30.2 Å². The molecule has 19 heavy (non-hydrogen) atoms. The SMILES string of the molecule is C=C1C(=O)O[C@H]2[C@H]3C(C)=C[C@@H](O)[C@H]3C(=C)C[C@@H](O)[C@H]12. The van der Waals surface area contributed by atoms with Gasteiger partial charge in [-0.2, -0.15) is 0 Å². The van der Waals surface area contributed by atoms with Crippen molar-refractivity contribution >= 4 is 5.97 Å². The van der Waals surface area contributed by atoms with Crippen molar-refractivity contribution in [1.82, 2.24) is 0 Å². The lowest BCUT2D eigenvalue weighted by atomic mass is 9.79. The van der Waals surface area contributed by atoms with E-state index in [9.17, 15) is 15.0 Å². The Morgan fingerprint density at radius 2 is 1.95 bits per heavy atom. The van der Waals surface area contributed by atoms with E-state index in [1.54, 1.807) is 6.08 Å². The third-order valence-corrected chi connectivity index (χ3v) is 4.69. The number of carbonyl (C=O) groups is 1. The second-order valence-electron chi connectivity index (χ2n) is 5.80. The lowest BCUT2D eigenvalue weighted by Crippen LogP contribution is -2.35. The maximum atomic E-state index is 11.7. The van der Waals surface area contributed by atoms with E-state index in [1.165, 1.54) is 0 Å². The minimum absolute atomic E-state index is 0.104. The van der Waals surface area contributed by atoms with Crippen LogP contribution < -0.4 is 0 Å². The predicted molar refractivity (Wildman–Crippen MR) is 69.0 cm³/mol. The Morgan fingerprint density at radius 3 is 2.63 bits per heavy atom. The predicted octanol–water partition coefficient (Wildman–Crippen LogP) is 0.958. The molecule has 0 spiro atoms. The molecule has 2 fully saturated rings. The number of carbonyl (C=O) groups excluding carboxylic acids is 1. The van der Waals surface area contributed by atoms with E-state index in [1.807, 2.05) is 6.92 Å². The molecule has 0 unspecified atom stereocenters. The topological polar surface area (TPSA) is 66.8 Å². The van der Waals surface area contributed by atoms with Gasteiger partial charge in [0.2, 0.25) is 0 Å². The molecule has 0 aromatic rings. The molecule has 2 N–H and O–H groups in total. The van der Waals surface area contributed by atoms with Crippen molar-refractivity contribution in [2.24, 2.45) is 17.8 Å². The fourth-order valence-corrected chi connectivity index (χ4v) is 3.83. The van der Waals surface area contributed by atoms with Crippen LogP contribution in [-0.4, -0.2) is 34.5 Å². The fraction of sp³-hybridized carbons (Fsp3) is 0.533. The first-order chi connectivity index (χ1) is 8.91. The van der Waals surface area contributed by atoms with E-state index >= 15 is 0 Å². The molecule has 0 amide bonds. The Bertz CT molecular complexity index is 504. The first kappa shape index (κ1) is 12.6. The first-order valence-corrected chi connectivity index (χ1v) is 6.53. The van der Waals surface area contributed by atoms with Crippen molar-refractivity contribution in [3.05, 3.63) is 36.0 Å². The van der Waals surface area contributed by atoms with Crippen LogP contribution in [0.25, 0.3) is 0 Å². The van der Waals surface area contributed by atoms with Crippen LogP contribution in [0.2, 0.25) is 0 Å². The normalized spacial score (nSPS) is 45.4. The summed E-state index contributed by atoms with van der Waals surface area (Å²) >= 11 is 0. The molecule has 1 aliphatic heterocycles. The van der Waals surface area contributed by atoms with Crippen molar-refractivity contribution < 1.29 is 19.7 Å². The molecular formula is C15H18O4. The van der Waals surface area contributed by atoms with Gasteiger partial charge in [-0.1, -0.05) is 30.4 Å². The summed E-state index contributed by atoms with van der Waals surface area (Å²) in [7, 11) is 0. The number of aliphatic hydroxyl groups is 2. The number of ether oxygens (including phenoxy) is 1. The van der Waals surface area contributed by atoms with E-state index in [0.29, 0.717) is 12.0 Å². The van der Waals surface area contributed by atoms with Crippen LogP contribution in [-0.2, 0) is 9.53 Å². The lowest BCUT2D eigenvalue weighted by molar-refractivity contribution is -0.141. The van der Waals surface area contributed by atoms with E-state index in [2.05, 4.69) is 13.2 Å². The van der Waals surface area contributed by atoms with Crippen molar-refractivity contribution in [2.75, 3.05) is 0 Å². The van der Waals surface area contributed by atoms with Crippen LogP contribution >= 0.6 is 0 Å². The largest absolute Gasteiger partial charge is 0.458 e. The Morgan fingerprint density at radius 1 is 1.26 bits per heavy atom. The van der Waals surface area contributed by atoms with Crippen LogP contribution in [0, 0.1) is 17.8 Å². The van der Waals surface area contributed by atoms with E-state index in [-0.39, 0.29) is 11.8 Å². The van der Waals surface area contributed by atoms with Crippen molar-refractivity contribution in [3.8, 4) is 0 Å². The molecule has 0 bridgehead atoms. The van der Waals surface area contributed by atoms with Gasteiger partial charge in [-0.15, -0.1) is 0 Å². The standard InChI is InChI=1S/C15H18O4/c1-6-4-10(17)13-8(3)15(18)19-14(13)12-7(2)5-9(16)11(6)12/h5,9-14,16-17H,1,3-4H2,2H3/t9-,10-,11-,12+,13+,14+/m1/s1. The van der Waals surface area contributed by atoms with Crippen molar-refractivity contribution in [1.29, 1.82) is 0 Å². The van der Waals surface area contributed by atoms with Crippen LogP contribution in [0.3, 0.4) is 0 Å². The zero-order valence-electron chi connectivity index (χ0n) is 10.9. The Hall–Kier alpha value is -1.39. The summed E-state index contributed by atoms with van der Waals surface area (Å²) in [6, 6.07) is 0. The van der Waals surface area contributed by atoms with Crippen molar-refractivity contribution in [2.45, 2.75) is 31.7 Å². The second-order valence-corrected chi connectivity index (χ2v) is 5.80. The number of fused-ring (bicyclic) bond motifs is 3. The van der Waals surface area contributed by atoms with Gasteiger partial charge < -0.3 is 14.9 Å². The fourth-order valence-electron chi connectivity index (χ4n) is 3.83. The molecule has 1 saturated carbocycles. The molecule has 0 radical (unpaired) electrons. The van der Waals surface area contributed by atoms with Crippen LogP contribution in [0.4, 0.5) is 0 Å². The van der Waals surface area contributed by atoms with Gasteiger partial charge >= 0.3 is 5.97 Å². The number of esters is 1. The molecule has 4 heteroatoms. The number of hydrogen-bond donors (Lipinski definition) is 2. The highest BCUT2D eigenvalue weighted by molar-refractivity contribution is 5.91.